The molecule has 0 amide bonds. The van der Waals surface area contributed by atoms with E-state index in [1.807, 2.05) is 24.3 Å². The molecule has 3 aromatic rings. The summed E-state index contributed by atoms with van der Waals surface area (Å²) in [7, 11) is 0. The van der Waals surface area contributed by atoms with E-state index in [1.165, 1.54) is 12.1 Å². The van der Waals surface area contributed by atoms with Crippen LogP contribution in [0.25, 0.3) is 5.76 Å². The topological polar surface area (TPSA) is 107 Å². The summed E-state index contributed by atoms with van der Waals surface area (Å²) in [5.74, 6) is 0.603. The fourth-order valence-electron chi connectivity index (χ4n) is 3.16. The molecule has 0 saturated carbocycles. The lowest BCUT2D eigenvalue weighted by Gasteiger charge is -2.14. The Hall–Kier alpha value is -3.60. The SMILES string of the molecule is O=C(O)CSc1nnc(C2=CCC(c3cccc(OCc4cccc(OC(F)F)c4)c3)O2)[nH]1. The van der Waals surface area contributed by atoms with Gasteiger partial charge in [-0.3, -0.25) is 4.79 Å². The Morgan fingerprint density at radius 2 is 2.03 bits per heavy atom. The number of nitrogens with one attached hydrogen (secondary N) is 1. The molecule has 2 heterocycles. The number of aliphatic carboxylic acids is 1. The maximum absolute atomic E-state index is 12.4. The lowest BCUT2D eigenvalue weighted by atomic mass is 10.1. The number of ether oxygens (including phenoxy) is 3. The molecule has 172 valence electrons. The lowest BCUT2D eigenvalue weighted by molar-refractivity contribution is -0.133. The normalized spacial score (nSPS) is 15.2. The van der Waals surface area contributed by atoms with Crippen LogP contribution < -0.4 is 9.47 Å². The molecule has 2 aromatic carbocycles. The third-order valence-corrected chi connectivity index (χ3v) is 5.43. The minimum Gasteiger partial charge on any atom is -0.489 e. The number of benzene rings is 2. The van der Waals surface area contributed by atoms with E-state index in [0.717, 1.165) is 17.3 Å². The van der Waals surface area contributed by atoms with Crippen LogP contribution in [0, 0.1) is 0 Å². The number of thioether (sulfide) groups is 1. The van der Waals surface area contributed by atoms with Crippen LogP contribution in [-0.2, 0) is 16.1 Å². The number of carbonyl (C=O) groups is 1. The van der Waals surface area contributed by atoms with Crippen molar-refractivity contribution < 1.29 is 32.9 Å². The number of rotatable bonds is 10. The third kappa shape index (κ3) is 6.22. The van der Waals surface area contributed by atoms with Gasteiger partial charge in [0.1, 0.15) is 24.2 Å². The number of hydrogen-bond acceptors (Lipinski definition) is 7. The quantitative estimate of drug-likeness (QED) is 0.408. The molecule has 0 fully saturated rings. The van der Waals surface area contributed by atoms with Crippen molar-refractivity contribution in [3.8, 4) is 11.5 Å². The summed E-state index contributed by atoms with van der Waals surface area (Å²) in [6, 6.07) is 13.8. The second-order valence-electron chi connectivity index (χ2n) is 6.96. The van der Waals surface area contributed by atoms with E-state index in [4.69, 9.17) is 14.6 Å². The van der Waals surface area contributed by atoms with Crippen LogP contribution in [0.4, 0.5) is 8.78 Å². The first-order valence-corrected chi connectivity index (χ1v) is 10.9. The van der Waals surface area contributed by atoms with Crippen LogP contribution >= 0.6 is 11.8 Å². The Labute approximate surface area is 191 Å². The molecular formula is C22H19F2N3O5S. The lowest BCUT2D eigenvalue weighted by Crippen LogP contribution is -2.03. The first kappa shape index (κ1) is 22.6. The fourth-order valence-corrected chi connectivity index (χ4v) is 3.68. The maximum Gasteiger partial charge on any atom is 0.387 e. The zero-order chi connectivity index (χ0) is 23.2. The van der Waals surface area contributed by atoms with Crippen LogP contribution in [0.3, 0.4) is 0 Å². The van der Waals surface area contributed by atoms with Gasteiger partial charge >= 0.3 is 12.6 Å². The molecule has 2 N–H and O–H groups in total. The number of H-pyrrole nitrogens is 1. The molecule has 1 aromatic heterocycles. The van der Waals surface area contributed by atoms with Gasteiger partial charge in [-0.25, -0.2) is 0 Å². The molecule has 1 unspecified atom stereocenters. The first-order chi connectivity index (χ1) is 16.0. The summed E-state index contributed by atoms with van der Waals surface area (Å²) in [5.41, 5.74) is 1.59. The summed E-state index contributed by atoms with van der Waals surface area (Å²) in [6.07, 6.45) is 2.26. The van der Waals surface area contributed by atoms with Gasteiger partial charge < -0.3 is 24.3 Å². The van der Waals surface area contributed by atoms with Crippen LogP contribution in [0.2, 0.25) is 0 Å². The molecule has 0 aliphatic carbocycles. The summed E-state index contributed by atoms with van der Waals surface area (Å²) < 4.78 is 41.0. The van der Waals surface area contributed by atoms with Crippen molar-refractivity contribution >= 4 is 23.5 Å². The minimum absolute atomic E-state index is 0.0785. The molecule has 1 aliphatic rings. The van der Waals surface area contributed by atoms with Gasteiger partial charge in [-0.15, -0.1) is 10.2 Å². The van der Waals surface area contributed by atoms with Gasteiger partial charge in [0, 0.05) is 6.42 Å². The van der Waals surface area contributed by atoms with Crippen LogP contribution in [0.15, 0.2) is 59.8 Å². The van der Waals surface area contributed by atoms with Crippen LogP contribution in [0.5, 0.6) is 11.5 Å². The molecule has 4 rings (SSSR count). The number of aromatic nitrogens is 3. The Kier molecular flexibility index (Phi) is 7.08. The highest BCUT2D eigenvalue weighted by atomic mass is 32.2. The van der Waals surface area contributed by atoms with E-state index < -0.39 is 12.6 Å². The average molecular weight is 475 g/mol. The molecule has 8 nitrogen and oxygen atoms in total. The summed E-state index contributed by atoms with van der Waals surface area (Å²) in [4.78, 5) is 13.6. The maximum atomic E-state index is 12.4. The molecule has 1 atom stereocenters. The molecule has 11 heteroatoms. The van der Waals surface area contributed by atoms with Crippen molar-refractivity contribution in [3.05, 3.63) is 71.6 Å². The number of hydrogen-bond donors (Lipinski definition) is 2. The zero-order valence-corrected chi connectivity index (χ0v) is 17.9. The number of halogens is 2. The van der Waals surface area contributed by atoms with E-state index in [0.29, 0.717) is 34.5 Å². The zero-order valence-electron chi connectivity index (χ0n) is 17.1. The van der Waals surface area contributed by atoms with Crippen molar-refractivity contribution in [3.63, 3.8) is 0 Å². The van der Waals surface area contributed by atoms with E-state index in [9.17, 15) is 13.6 Å². The Morgan fingerprint density at radius 1 is 1.21 bits per heavy atom. The van der Waals surface area contributed by atoms with Gasteiger partial charge in [-0.2, -0.15) is 8.78 Å². The number of alkyl halides is 2. The van der Waals surface area contributed by atoms with Crippen LogP contribution in [0.1, 0.15) is 29.5 Å². The van der Waals surface area contributed by atoms with E-state index in [-0.39, 0.29) is 24.2 Å². The predicted molar refractivity (Wildman–Crippen MR) is 115 cm³/mol. The molecule has 0 saturated heterocycles. The number of nitrogens with zero attached hydrogens (tertiary/aromatic N) is 2. The van der Waals surface area contributed by atoms with Crippen LogP contribution in [-0.4, -0.2) is 38.6 Å². The third-order valence-electron chi connectivity index (χ3n) is 4.58. The second kappa shape index (κ2) is 10.3. The highest BCUT2D eigenvalue weighted by Crippen LogP contribution is 2.36. The molecule has 1 aliphatic heterocycles. The molecule has 33 heavy (non-hydrogen) atoms. The number of aromatic amines is 1. The predicted octanol–water partition coefficient (Wildman–Crippen LogP) is 4.66. The van der Waals surface area contributed by atoms with E-state index >= 15 is 0 Å². The van der Waals surface area contributed by atoms with Gasteiger partial charge in [-0.1, -0.05) is 36.0 Å². The molecule has 0 spiro atoms. The summed E-state index contributed by atoms with van der Waals surface area (Å²) >= 11 is 1.04. The van der Waals surface area contributed by atoms with Gasteiger partial charge in [0.05, 0.1) is 5.75 Å². The smallest absolute Gasteiger partial charge is 0.387 e. The molecule has 0 radical (unpaired) electrons. The monoisotopic (exact) mass is 475 g/mol. The number of carboxylic acids is 1. The highest BCUT2D eigenvalue weighted by molar-refractivity contribution is 7.99. The second-order valence-corrected chi connectivity index (χ2v) is 7.92. The van der Waals surface area contributed by atoms with E-state index in [1.54, 1.807) is 18.2 Å². The van der Waals surface area contributed by atoms with Crippen molar-refractivity contribution in [2.24, 2.45) is 0 Å². The van der Waals surface area contributed by atoms with Gasteiger partial charge in [0.25, 0.3) is 0 Å². The first-order valence-electron chi connectivity index (χ1n) is 9.87. The Morgan fingerprint density at radius 3 is 2.85 bits per heavy atom. The van der Waals surface area contributed by atoms with Crippen molar-refractivity contribution in [2.45, 2.75) is 30.9 Å². The minimum atomic E-state index is -2.88. The number of carboxylic acid groups (broad SMARTS) is 1. The van der Waals surface area contributed by atoms with Crippen molar-refractivity contribution in [2.75, 3.05) is 5.75 Å². The van der Waals surface area contributed by atoms with Crippen molar-refractivity contribution in [1.82, 2.24) is 15.2 Å². The Bertz CT molecular complexity index is 1150. The summed E-state index contributed by atoms with van der Waals surface area (Å²) in [6.45, 7) is -2.69. The molecule has 0 bridgehead atoms. The van der Waals surface area contributed by atoms with Gasteiger partial charge in [-0.05, 0) is 41.5 Å². The largest absolute Gasteiger partial charge is 0.489 e. The molecular weight excluding hydrogens is 456 g/mol. The average Bonchev–Trinajstić information content (AvgIpc) is 3.46. The van der Waals surface area contributed by atoms with Gasteiger partial charge in [0.2, 0.25) is 0 Å². The van der Waals surface area contributed by atoms with Crippen molar-refractivity contribution in [1.29, 1.82) is 0 Å². The van der Waals surface area contributed by atoms with Gasteiger partial charge in [0.15, 0.2) is 16.7 Å². The fraction of sp³-hybridized carbons (Fsp3) is 0.227. The summed E-state index contributed by atoms with van der Waals surface area (Å²) in [5, 5.41) is 17.1. The highest BCUT2D eigenvalue weighted by Gasteiger charge is 2.24. The standard InChI is InChI=1S/C22H19F2N3O5S/c23-21(24)31-16-6-1-3-13(9-16)11-30-15-5-2-4-14(10-15)17-7-8-18(32-17)20-25-22(27-26-20)33-12-19(28)29/h1-6,8-10,17,21H,7,11-12H2,(H,28,29)(H,25,26,27). The Balaban J connectivity index is 1.35. The van der Waals surface area contributed by atoms with E-state index in [2.05, 4.69) is 19.9 Å².